The van der Waals surface area contributed by atoms with Gasteiger partial charge < -0.3 is 5.32 Å². The van der Waals surface area contributed by atoms with Crippen LogP contribution in [0.1, 0.15) is 52.4 Å². The molecule has 1 fully saturated rings. The Balaban J connectivity index is 2.84. The summed E-state index contributed by atoms with van der Waals surface area (Å²) in [5, 5.41) is 3.53. The molecule has 0 spiro atoms. The Morgan fingerprint density at radius 3 is 2.29 bits per heavy atom. The van der Waals surface area contributed by atoms with E-state index in [9.17, 15) is 0 Å². The summed E-state index contributed by atoms with van der Waals surface area (Å²) < 4.78 is 0. The minimum absolute atomic E-state index is 0.356. The van der Waals surface area contributed by atoms with Crippen molar-refractivity contribution in [1.29, 1.82) is 0 Å². The van der Waals surface area contributed by atoms with Crippen molar-refractivity contribution in [3.05, 3.63) is 0 Å². The average molecular weight is 236 g/mol. The van der Waals surface area contributed by atoms with Gasteiger partial charge in [-0.2, -0.15) is 0 Å². The van der Waals surface area contributed by atoms with Crippen LogP contribution in [0.3, 0.4) is 0 Å². The summed E-state index contributed by atoms with van der Waals surface area (Å²) in [6, 6.07) is 0.543. The Kier molecular flexibility index (Phi) is 6.02. The highest BCUT2D eigenvalue weighted by Crippen LogP contribution is 2.39. The summed E-state index contributed by atoms with van der Waals surface area (Å²) in [6.45, 7) is 6.84. The standard InChI is InChI=1S/C15H28N2/c1-5-8-11-14(16-4)15(12-9-10-13-15)17(6-2)7-3/h1,14,16H,6-13H2,2-4H3. The summed E-state index contributed by atoms with van der Waals surface area (Å²) in [6.07, 6.45) is 12.8. The van der Waals surface area contributed by atoms with Crippen molar-refractivity contribution >= 4 is 0 Å². The minimum atomic E-state index is 0.356. The van der Waals surface area contributed by atoms with E-state index in [0.717, 1.165) is 25.9 Å². The van der Waals surface area contributed by atoms with E-state index in [4.69, 9.17) is 6.42 Å². The monoisotopic (exact) mass is 236 g/mol. The zero-order chi connectivity index (χ0) is 12.7. The third-order valence-electron chi connectivity index (χ3n) is 4.44. The van der Waals surface area contributed by atoms with Gasteiger partial charge in [0.25, 0.3) is 0 Å². The lowest BCUT2D eigenvalue weighted by Crippen LogP contribution is -2.59. The van der Waals surface area contributed by atoms with Crippen LogP contribution >= 0.6 is 0 Å². The molecular formula is C15H28N2. The molecule has 2 nitrogen and oxygen atoms in total. The fraction of sp³-hybridized carbons (Fsp3) is 0.867. The normalized spacial score (nSPS) is 20.4. The van der Waals surface area contributed by atoms with E-state index >= 15 is 0 Å². The highest BCUT2D eigenvalue weighted by atomic mass is 15.2. The number of nitrogens with one attached hydrogen (secondary N) is 1. The molecule has 0 aromatic heterocycles. The molecule has 1 aliphatic rings. The first-order valence-corrected chi connectivity index (χ1v) is 7.11. The first-order valence-electron chi connectivity index (χ1n) is 7.11. The molecule has 0 saturated heterocycles. The van der Waals surface area contributed by atoms with Crippen molar-refractivity contribution in [2.24, 2.45) is 0 Å². The molecular weight excluding hydrogens is 208 g/mol. The fourth-order valence-electron chi connectivity index (χ4n) is 3.64. The summed E-state index contributed by atoms with van der Waals surface area (Å²) in [5.74, 6) is 2.79. The van der Waals surface area contributed by atoms with Gasteiger partial charge in [-0.15, -0.1) is 12.3 Å². The lowest BCUT2D eigenvalue weighted by molar-refractivity contribution is 0.0631. The molecule has 1 saturated carbocycles. The van der Waals surface area contributed by atoms with Gasteiger partial charge in [0.15, 0.2) is 0 Å². The predicted octanol–water partition coefficient (Wildman–Crippen LogP) is 2.64. The number of terminal acetylenes is 1. The third kappa shape index (κ3) is 3.03. The van der Waals surface area contributed by atoms with E-state index in [1.54, 1.807) is 0 Å². The van der Waals surface area contributed by atoms with E-state index < -0.39 is 0 Å². The van der Waals surface area contributed by atoms with Gasteiger partial charge in [-0.3, -0.25) is 4.90 Å². The van der Waals surface area contributed by atoms with E-state index in [1.807, 2.05) is 0 Å². The molecule has 0 aliphatic heterocycles. The number of hydrogen-bond acceptors (Lipinski definition) is 2. The molecule has 17 heavy (non-hydrogen) atoms. The van der Waals surface area contributed by atoms with E-state index in [2.05, 4.69) is 37.0 Å². The van der Waals surface area contributed by atoms with Crippen LogP contribution in [-0.2, 0) is 0 Å². The zero-order valence-corrected chi connectivity index (χ0v) is 11.8. The van der Waals surface area contributed by atoms with Gasteiger partial charge in [0, 0.05) is 18.0 Å². The van der Waals surface area contributed by atoms with Gasteiger partial charge in [-0.25, -0.2) is 0 Å². The van der Waals surface area contributed by atoms with E-state index in [-0.39, 0.29) is 0 Å². The van der Waals surface area contributed by atoms with Crippen LogP contribution in [-0.4, -0.2) is 36.6 Å². The van der Waals surface area contributed by atoms with Crippen LogP contribution in [0.4, 0.5) is 0 Å². The zero-order valence-electron chi connectivity index (χ0n) is 11.8. The first kappa shape index (κ1) is 14.5. The Morgan fingerprint density at radius 2 is 1.88 bits per heavy atom. The largest absolute Gasteiger partial charge is 0.315 e. The molecule has 0 radical (unpaired) electrons. The van der Waals surface area contributed by atoms with Gasteiger partial charge in [0.1, 0.15) is 0 Å². The average Bonchev–Trinajstić information content (AvgIpc) is 2.82. The van der Waals surface area contributed by atoms with Gasteiger partial charge >= 0.3 is 0 Å². The van der Waals surface area contributed by atoms with Crippen LogP contribution in [0.5, 0.6) is 0 Å². The number of hydrogen-bond donors (Lipinski definition) is 1. The summed E-state index contributed by atoms with van der Waals surface area (Å²) in [7, 11) is 2.09. The van der Waals surface area contributed by atoms with Crippen LogP contribution in [0.15, 0.2) is 0 Å². The second-order valence-corrected chi connectivity index (χ2v) is 5.07. The topological polar surface area (TPSA) is 15.3 Å². The van der Waals surface area contributed by atoms with Gasteiger partial charge in [0.2, 0.25) is 0 Å². The lowest BCUT2D eigenvalue weighted by Gasteiger charge is -2.46. The Hall–Kier alpha value is -0.520. The molecule has 1 aliphatic carbocycles. The van der Waals surface area contributed by atoms with Crippen LogP contribution in [0, 0.1) is 12.3 Å². The van der Waals surface area contributed by atoms with Crippen LogP contribution < -0.4 is 5.32 Å². The lowest BCUT2D eigenvalue weighted by atomic mass is 9.83. The maximum atomic E-state index is 5.42. The number of rotatable bonds is 7. The summed E-state index contributed by atoms with van der Waals surface area (Å²) >= 11 is 0. The maximum absolute atomic E-state index is 5.42. The number of likely N-dealkylation sites (N-methyl/N-ethyl adjacent to an activating group) is 2. The Bertz CT molecular complexity index is 244. The van der Waals surface area contributed by atoms with Crippen molar-refractivity contribution in [1.82, 2.24) is 10.2 Å². The smallest absolute Gasteiger partial charge is 0.0362 e. The highest BCUT2D eigenvalue weighted by molar-refractivity contribution is 5.04. The summed E-state index contributed by atoms with van der Waals surface area (Å²) in [5.41, 5.74) is 0.356. The molecule has 1 atom stereocenters. The molecule has 0 heterocycles. The van der Waals surface area contributed by atoms with E-state index in [0.29, 0.717) is 11.6 Å². The van der Waals surface area contributed by atoms with Crippen molar-refractivity contribution in [2.75, 3.05) is 20.1 Å². The second-order valence-electron chi connectivity index (χ2n) is 5.07. The van der Waals surface area contributed by atoms with Crippen molar-refractivity contribution in [2.45, 2.75) is 64.0 Å². The minimum Gasteiger partial charge on any atom is -0.315 e. The molecule has 0 amide bonds. The van der Waals surface area contributed by atoms with Crippen molar-refractivity contribution < 1.29 is 0 Å². The van der Waals surface area contributed by atoms with E-state index in [1.165, 1.54) is 25.7 Å². The molecule has 0 aromatic rings. The molecule has 0 aromatic carbocycles. The molecule has 1 rings (SSSR count). The summed E-state index contributed by atoms with van der Waals surface area (Å²) in [4.78, 5) is 2.65. The SMILES string of the molecule is C#CCCC(NC)C1(N(CC)CC)CCCC1. The Morgan fingerprint density at radius 1 is 1.29 bits per heavy atom. The Labute approximate surface area is 107 Å². The number of nitrogens with zero attached hydrogens (tertiary/aromatic N) is 1. The van der Waals surface area contributed by atoms with Crippen LogP contribution in [0.2, 0.25) is 0 Å². The molecule has 1 unspecified atom stereocenters. The first-order chi connectivity index (χ1) is 8.25. The van der Waals surface area contributed by atoms with Crippen molar-refractivity contribution in [3.63, 3.8) is 0 Å². The quantitative estimate of drug-likeness (QED) is 0.684. The fourth-order valence-corrected chi connectivity index (χ4v) is 3.64. The van der Waals surface area contributed by atoms with Crippen LogP contribution in [0.25, 0.3) is 0 Å². The highest BCUT2D eigenvalue weighted by Gasteiger charge is 2.43. The van der Waals surface area contributed by atoms with Gasteiger partial charge in [-0.05, 0) is 39.4 Å². The van der Waals surface area contributed by atoms with Gasteiger partial charge in [-0.1, -0.05) is 26.7 Å². The second kappa shape index (κ2) is 7.03. The predicted molar refractivity (Wildman–Crippen MR) is 75.0 cm³/mol. The molecule has 0 bridgehead atoms. The third-order valence-corrected chi connectivity index (χ3v) is 4.44. The molecule has 2 heteroatoms. The van der Waals surface area contributed by atoms with Crippen molar-refractivity contribution in [3.8, 4) is 12.3 Å². The molecule has 98 valence electrons. The molecule has 1 N–H and O–H groups in total. The van der Waals surface area contributed by atoms with Gasteiger partial charge in [0.05, 0.1) is 0 Å². The maximum Gasteiger partial charge on any atom is 0.0362 e.